The predicted molar refractivity (Wildman–Crippen MR) is 90.9 cm³/mol. The molecule has 1 saturated heterocycles. The zero-order valence-electron chi connectivity index (χ0n) is 13.3. The fourth-order valence-corrected chi connectivity index (χ4v) is 3.06. The Kier molecular flexibility index (Phi) is 5.25. The van der Waals surface area contributed by atoms with Crippen LogP contribution in [0.1, 0.15) is 36.9 Å². The van der Waals surface area contributed by atoms with Crippen LogP contribution in [-0.2, 0) is 4.74 Å². The van der Waals surface area contributed by atoms with E-state index in [4.69, 9.17) is 4.74 Å². The lowest BCUT2D eigenvalue weighted by Crippen LogP contribution is -2.53. The van der Waals surface area contributed by atoms with Gasteiger partial charge in [0.25, 0.3) is 0 Å². The first-order chi connectivity index (χ1) is 10.9. The van der Waals surface area contributed by atoms with Gasteiger partial charge in [-0.2, -0.15) is 0 Å². The molecular weight excluding hydrogens is 270 g/mol. The van der Waals surface area contributed by atoms with E-state index in [1.165, 1.54) is 17.5 Å². The van der Waals surface area contributed by atoms with Crippen molar-refractivity contribution in [3.05, 3.63) is 71.8 Å². The fraction of sp³-hybridized carbons (Fsp3) is 0.400. The van der Waals surface area contributed by atoms with E-state index in [0.29, 0.717) is 12.1 Å². The van der Waals surface area contributed by atoms with Crippen LogP contribution in [0.25, 0.3) is 0 Å². The molecule has 0 atom stereocenters. The Bertz CT molecular complexity index is 509. The molecule has 22 heavy (non-hydrogen) atoms. The quantitative estimate of drug-likeness (QED) is 0.707. The highest BCUT2D eigenvalue weighted by atomic mass is 16.5. The molecule has 0 bridgehead atoms. The van der Waals surface area contributed by atoms with Gasteiger partial charge < -0.3 is 4.74 Å². The SMILES string of the molecule is CCCCOC1CN(C(c2ccccc2)c2ccccc2)C1. The maximum atomic E-state index is 5.93. The summed E-state index contributed by atoms with van der Waals surface area (Å²) in [5, 5.41) is 0. The minimum absolute atomic E-state index is 0.341. The van der Waals surface area contributed by atoms with Crippen LogP contribution in [0.5, 0.6) is 0 Å². The normalized spacial score (nSPS) is 15.9. The molecule has 1 aliphatic rings. The van der Waals surface area contributed by atoms with Gasteiger partial charge in [0.2, 0.25) is 0 Å². The van der Waals surface area contributed by atoms with Gasteiger partial charge in [0.1, 0.15) is 0 Å². The minimum atomic E-state index is 0.341. The van der Waals surface area contributed by atoms with Crippen LogP contribution < -0.4 is 0 Å². The van der Waals surface area contributed by atoms with Gasteiger partial charge >= 0.3 is 0 Å². The number of hydrogen-bond donors (Lipinski definition) is 0. The van der Waals surface area contributed by atoms with E-state index in [-0.39, 0.29) is 0 Å². The Balaban J connectivity index is 1.69. The Morgan fingerprint density at radius 1 is 0.955 bits per heavy atom. The van der Waals surface area contributed by atoms with Gasteiger partial charge in [0, 0.05) is 19.7 Å². The lowest BCUT2D eigenvalue weighted by Gasteiger charge is -2.44. The van der Waals surface area contributed by atoms with Crippen LogP contribution >= 0.6 is 0 Å². The first-order valence-corrected chi connectivity index (χ1v) is 8.34. The summed E-state index contributed by atoms with van der Waals surface area (Å²) in [7, 11) is 0. The second kappa shape index (κ2) is 7.57. The summed E-state index contributed by atoms with van der Waals surface area (Å²) >= 11 is 0. The standard InChI is InChI=1S/C20H25NO/c1-2-3-14-22-19-15-21(16-19)20(17-10-6-4-7-11-17)18-12-8-5-9-13-18/h4-13,19-20H,2-3,14-16H2,1H3. The predicted octanol–water partition coefficient (Wildman–Crippen LogP) is 4.28. The first-order valence-electron chi connectivity index (χ1n) is 8.34. The summed E-state index contributed by atoms with van der Waals surface area (Å²) in [5.74, 6) is 0. The summed E-state index contributed by atoms with van der Waals surface area (Å²) in [6.07, 6.45) is 2.77. The van der Waals surface area contributed by atoms with Crippen molar-refractivity contribution < 1.29 is 4.74 Å². The molecule has 0 aliphatic carbocycles. The highest BCUT2D eigenvalue weighted by Gasteiger charge is 2.34. The van der Waals surface area contributed by atoms with Crippen LogP contribution in [0.4, 0.5) is 0 Å². The van der Waals surface area contributed by atoms with Crippen molar-refractivity contribution in [1.82, 2.24) is 4.90 Å². The van der Waals surface area contributed by atoms with Crippen LogP contribution in [0.3, 0.4) is 0 Å². The Morgan fingerprint density at radius 2 is 1.50 bits per heavy atom. The molecule has 1 heterocycles. The second-order valence-electron chi connectivity index (χ2n) is 6.02. The van der Waals surface area contributed by atoms with E-state index in [1.807, 2.05) is 0 Å². The lowest BCUT2D eigenvalue weighted by molar-refractivity contribution is -0.0670. The van der Waals surface area contributed by atoms with Gasteiger partial charge in [-0.1, -0.05) is 74.0 Å². The number of rotatable bonds is 7. The van der Waals surface area contributed by atoms with Crippen molar-refractivity contribution in [2.24, 2.45) is 0 Å². The van der Waals surface area contributed by atoms with Gasteiger partial charge in [-0.05, 0) is 17.5 Å². The van der Waals surface area contributed by atoms with Crippen LogP contribution in [0.2, 0.25) is 0 Å². The molecule has 2 nitrogen and oxygen atoms in total. The van der Waals surface area contributed by atoms with Gasteiger partial charge in [0.05, 0.1) is 12.1 Å². The largest absolute Gasteiger partial charge is 0.376 e. The van der Waals surface area contributed by atoms with Crippen LogP contribution in [0.15, 0.2) is 60.7 Å². The number of nitrogens with zero attached hydrogens (tertiary/aromatic N) is 1. The molecule has 0 radical (unpaired) electrons. The third-order valence-electron chi connectivity index (χ3n) is 4.32. The molecule has 0 aromatic heterocycles. The third kappa shape index (κ3) is 3.57. The van der Waals surface area contributed by atoms with Gasteiger partial charge in [-0.3, -0.25) is 4.90 Å². The fourth-order valence-electron chi connectivity index (χ4n) is 3.06. The summed E-state index contributed by atoms with van der Waals surface area (Å²) in [6, 6.07) is 21.9. The Labute approximate surface area is 133 Å². The molecule has 2 heteroatoms. The Hall–Kier alpha value is -1.64. The van der Waals surface area contributed by atoms with E-state index in [9.17, 15) is 0 Å². The molecule has 0 spiro atoms. The van der Waals surface area contributed by atoms with Crippen molar-refractivity contribution in [3.8, 4) is 0 Å². The average molecular weight is 295 g/mol. The number of hydrogen-bond acceptors (Lipinski definition) is 2. The molecular formula is C20H25NO. The van der Waals surface area contributed by atoms with E-state index in [1.54, 1.807) is 0 Å². The molecule has 0 N–H and O–H groups in total. The van der Waals surface area contributed by atoms with Crippen molar-refractivity contribution in [3.63, 3.8) is 0 Å². The highest BCUT2D eigenvalue weighted by molar-refractivity contribution is 5.32. The molecule has 2 aromatic carbocycles. The third-order valence-corrected chi connectivity index (χ3v) is 4.32. The van der Waals surface area contributed by atoms with Gasteiger partial charge in [0.15, 0.2) is 0 Å². The maximum absolute atomic E-state index is 5.93. The van der Waals surface area contributed by atoms with E-state index >= 15 is 0 Å². The minimum Gasteiger partial charge on any atom is -0.376 e. The van der Waals surface area contributed by atoms with Crippen LogP contribution in [0, 0.1) is 0 Å². The van der Waals surface area contributed by atoms with Gasteiger partial charge in [-0.25, -0.2) is 0 Å². The highest BCUT2D eigenvalue weighted by Crippen LogP contribution is 2.32. The number of unbranched alkanes of at least 4 members (excludes halogenated alkanes) is 1. The molecule has 0 amide bonds. The molecule has 0 unspecified atom stereocenters. The topological polar surface area (TPSA) is 12.5 Å². The summed E-state index contributed by atoms with van der Waals surface area (Å²) in [4.78, 5) is 2.52. The molecule has 3 rings (SSSR count). The summed E-state index contributed by atoms with van der Waals surface area (Å²) < 4.78 is 5.93. The smallest absolute Gasteiger partial charge is 0.0829 e. The van der Waals surface area contributed by atoms with Gasteiger partial charge in [-0.15, -0.1) is 0 Å². The van der Waals surface area contributed by atoms with Crippen molar-refractivity contribution in [1.29, 1.82) is 0 Å². The lowest BCUT2D eigenvalue weighted by atomic mass is 9.94. The number of likely N-dealkylation sites (tertiary alicyclic amines) is 1. The van der Waals surface area contributed by atoms with Crippen molar-refractivity contribution in [2.45, 2.75) is 31.9 Å². The van der Waals surface area contributed by atoms with E-state index in [0.717, 1.165) is 26.1 Å². The molecule has 0 saturated carbocycles. The van der Waals surface area contributed by atoms with Crippen molar-refractivity contribution in [2.75, 3.05) is 19.7 Å². The molecule has 2 aromatic rings. The first kappa shape index (κ1) is 15.3. The maximum Gasteiger partial charge on any atom is 0.0829 e. The zero-order valence-corrected chi connectivity index (χ0v) is 13.3. The Morgan fingerprint density at radius 3 is 2.00 bits per heavy atom. The number of ether oxygens (including phenoxy) is 1. The summed E-state index contributed by atoms with van der Waals surface area (Å²) in [6.45, 7) is 5.16. The van der Waals surface area contributed by atoms with E-state index in [2.05, 4.69) is 72.5 Å². The summed E-state index contributed by atoms with van der Waals surface area (Å²) in [5.41, 5.74) is 2.72. The molecule has 1 aliphatic heterocycles. The zero-order chi connectivity index (χ0) is 15.2. The monoisotopic (exact) mass is 295 g/mol. The van der Waals surface area contributed by atoms with Crippen molar-refractivity contribution >= 4 is 0 Å². The van der Waals surface area contributed by atoms with Crippen LogP contribution in [-0.4, -0.2) is 30.7 Å². The number of benzene rings is 2. The average Bonchev–Trinajstić information content (AvgIpc) is 2.54. The van der Waals surface area contributed by atoms with E-state index < -0.39 is 0 Å². The molecule has 1 fully saturated rings. The second-order valence-corrected chi connectivity index (χ2v) is 6.02. The molecule has 116 valence electrons.